The van der Waals surface area contributed by atoms with E-state index in [9.17, 15) is 43.2 Å². The normalized spacial score (nSPS) is 14.7. The molecule has 0 spiro atoms. The maximum Gasteiger partial charge on any atom is 0.472 e. The number of hydrogen-bond donors (Lipinski definition) is 3. The van der Waals surface area contributed by atoms with Crippen LogP contribution < -0.4 is 0 Å². The summed E-state index contributed by atoms with van der Waals surface area (Å²) < 4.78 is 68.6. The molecule has 0 heterocycles. The summed E-state index contributed by atoms with van der Waals surface area (Å²) in [6.07, 6.45) is 94.9. The molecule has 0 bridgehead atoms. The van der Waals surface area contributed by atoms with Gasteiger partial charge in [0.05, 0.1) is 32.8 Å². The van der Waals surface area contributed by atoms with Gasteiger partial charge in [-0.05, 0) is 161 Å². The lowest BCUT2D eigenvalue weighted by Crippen LogP contribution is -2.30. The third-order valence-electron chi connectivity index (χ3n) is 16.7. The maximum absolute atomic E-state index is 13.1. The van der Waals surface area contributed by atoms with Crippen LogP contribution in [-0.4, -0.2) is 96.7 Å². The molecule has 0 aromatic carbocycles. The van der Waals surface area contributed by atoms with Crippen molar-refractivity contribution < 1.29 is 80.2 Å². The molecule has 108 heavy (non-hydrogen) atoms. The van der Waals surface area contributed by atoms with Crippen molar-refractivity contribution in [3.63, 3.8) is 0 Å². The van der Waals surface area contributed by atoms with E-state index in [2.05, 4.69) is 174 Å². The van der Waals surface area contributed by atoms with E-state index in [0.29, 0.717) is 25.7 Å². The molecule has 19 heteroatoms. The fraction of sp³-hybridized carbons (Fsp3) is 0.640. The summed E-state index contributed by atoms with van der Waals surface area (Å²) in [4.78, 5) is 73.1. The lowest BCUT2D eigenvalue weighted by atomic mass is 10.1. The van der Waals surface area contributed by atoms with Crippen LogP contribution in [-0.2, 0) is 65.4 Å². The number of carbonyl (C=O) groups is 4. The standard InChI is InChI=1S/C89H146O17P2/c1-5-9-13-17-21-25-29-33-37-39-41-43-47-50-54-58-62-66-70-74-87(92)100-80-85(106-89(94)76-72-68-64-60-56-52-48-44-42-40-38-34-30-26-22-18-14-10-6-2)82-104-108(97,98)102-78-83(90)77-101-107(95,96)103-81-84(105-88(93)75-71-67-63-59-55-51-46-36-32-28-24-20-16-12-8-4)79-99-86(91)73-69-65-61-57-53-49-45-35-31-27-23-19-15-11-7-3/h11-12,15-16,21-28,33-38,41-46,53,57,65,69,83-85,90H,5-10,13-14,17-20,29-32,39-40,47-52,54-56,58-64,66-68,70-82H2,1-4H3,(H,95,96)(H,97,98)/b15-11-,16-12-,25-21-,26-22-,27-23-,28-24-,37-33-,38-34-,43-41-,44-42-,45-35-,46-36-,57-53-,69-65-. The lowest BCUT2D eigenvalue weighted by molar-refractivity contribution is -0.161. The lowest BCUT2D eigenvalue weighted by Gasteiger charge is -2.21. The van der Waals surface area contributed by atoms with Gasteiger partial charge in [-0.25, -0.2) is 9.13 Å². The van der Waals surface area contributed by atoms with Gasteiger partial charge in [0, 0.05) is 19.3 Å². The van der Waals surface area contributed by atoms with E-state index in [1.54, 1.807) is 6.08 Å². The first-order chi connectivity index (χ1) is 52.7. The number of unbranched alkanes of at least 4 members (excludes halogenated alkanes) is 23. The molecule has 0 saturated heterocycles. The zero-order valence-corrected chi connectivity index (χ0v) is 69.0. The van der Waals surface area contributed by atoms with Crippen molar-refractivity contribution in [2.24, 2.45) is 0 Å². The van der Waals surface area contributed by atoms with Crippen LogP contribution in [0.15, 0.2) is 170 Å². The molecule has 17 nitrogen and oxygen atoms in total. The van der Waals surface area contributed by atoms with E-state index in [0.717, 1.165) is 193 Å². The van der Waals surface area contributed by atoms with Gasteiger partial charge < -0.3 is 33.8 Å². The van der Waals surface area contributed by atoms with Gasteiger partial charge in [-0.1, -0.05) is 294 Å². The molecule has 5 atom stereocenters. The highest BCUT2D eigenvalue weighted by Crippen LogP contribution is 2.45. The predicted molar refractivity (Wildman–Crippen MR) is 445 cm³/mol. The molecule has 0 radical (unpaired) electrons. The Morgan fingerprint density at radius 1 is 0.278 bits per heavy atom. The Bertz CT molecular complexity index is 2710. The van der Waals surface area contributed by atoms with Gasteiger partial charge in [-0.2, -0.15) is 0 Å². The first-order valence-electron chi connectivity index (χ1n) is 41.4. The first-order valence-corrected chi connectivity index (χ1v) is 44.4. The SMILES string of the molecule is CC/C=C\C/C=C\C/C=C\C/C=C\C/C=C\CC(=O)OCC(COP(=O)(O)OCC(O)COP(=O)(O)OCC(COC(=O)CCCCCCCC/C=C\C/C=C\C/C=C\CCCCC)OC(=O)CCCCCCCC/C=C\C/C=C\C/C=C\CCCCC)OC(=O)CCCCCCC/C=C\C/C=C\C/C=C\CC. The molecule has 0 saturated carbocycles. The Hall–Kier alpha value is -5.58. The second-order valence-corrected chi connectivity index (χ2v) is 29.9. The highest BCUT2D eigenvalue weighted by Gasteiger charge is 2.30. The van der Waals surface area contributed by atoms with E-state index in [1.807, 2.05) is 18.2 Å². The molecule has 0 aromatic heterocycles. The summed E-state index contributed by atoms with van der Waals surface area (Å²) in [6, 6.07) is 0. The molecule has 614 valence electrons. The topological polar surface area (TPSA) is 237 Å². The van der Waals surface area contributed by atoms with E-state index in [-0.39, 0.29) is 25.7 Å². The summed E-state index contributed by atoms with van der Waals surface area (Å²) in [5, 5.41) is 10.7. The highest BCUT2D eigenvalue weighted by atomic mass is 31.2. The second-order valence-electron chi connectivity index (χ2n) is 27.0. The number of phosphoric ester groups is 2. The third kappa shape index (κ3) is 78.5. The maximum atomic E-state index is 13.1. The summed E-state index contributed by atoms with van der Waals surface area (Å²) in [5.41, 5.74) is 0. The van der Waals surface area contributed by atoms with Gasteiger partial charge in [0.2, 0.25) is 0 Å². The Morgan fingerprint density at radius 3 is 0.824 bits per heavy atom. The van der Waals surface area contributed by atoms with Crippen molar-refractivity contribution in [2.75, 3.05) is 39.6 Å². The zero-order valence-electron chi connectivity index (χ0n) is 67.2. The fourth-order valence-electron chi connectivity index (χ4n) is 10.4. The third-order valence-corrected chi connectivity index (χ3v) is 18.6. The van der Waals surface area contributed by atoms with E-state index in [1.165, 1.54) is 38.5 Å². The summed E-state index contributed by atoms with van der Waals surface area (Å²) >= 11 is 0. The van der Waals surface area contributed by atoms with Gasteiger partial charge in [0.15, 0.2) is 12.2 Å². The van der Waals surface area contributed by atoms with Gasteiger partial charge in [-0.3, -0.25) is 37.3 Å². The van der Waals surface area contributed by atoms with Crippen LogP contribution in [0.5, 0.6) is 0 Å². The Balaban J connectivity index is 5.48. The Morgan fingerprint density at radius 2 is 0.519 bits per heavy atom. The molecule has 0 aliphatic rings. The molecule has 0 amide bonds. The number of rotatable bonds is 76. The molecule has 3 N–H and O–H groups in total. The van der Waals surface area contributed by atoms with Gasteiger partial charge >= 0.3 is 39.5 Å². The van der Waals surface area contributed by atoms with Crippen LogP contribution in [0.3, 0.4) is 0 Å². The van der Waals surface area contributed by atoms with Gasteiger partial charge in [0.1, 0.15) is 19.3 Å². The largest absolute Gasteiger partial charge is 0.472 e. The number of ether oxygens (including phenoxy) is 4. The molecule has 0 rings (SSSR count). The molecule has 0 aliphatic carbocycles. The number of phosphoric acid groups is 2. The molecule has 0 aromatic rings. The van der Waals surface area contributed by atoms with Crippen LogP contribution in [0, 0.1) is 0 Å². The minimum absolute atomic E-state index is 0.0499. The van der Waals surface area contributed by atoms with Crippen molar-refractivity contribution in [3.8, 4) is 0 Å². The summed E-state index contributed by atoms with van der Waals surface area (Å²) in [5.74, 6) is -2.38. The molecular weight excluding hydrogens is 1400 g/mol. The van der Waals surface area contributed by atoms with Crippen molar-refractivity contribution in [3.05, 3.63) is 170 Å². The minimum Gasteiger partial charge on any atom is -0.462 e. The smallest absolute Gasteiger partial charge is 0.462 e. The average Bonchev–Trinajstić information content (AvgIpc) is 0.899. The predicted octanol–water partition coefficient (Wildman–Crippen LogP) is 24.6. The Labute approximate surface area is 654 Å². The quantitative estimate of drug-likeness (QED) is 0.0169. The van der Waals surface area contributed by atoms with E-state index in [4.69, 9.17) is 37.0 Å². The van der Waals surface area contributed by atoms with E-state index < -0.39 is 97.5 Å². The van der Waals surface area contributed by atoms with Crippen LogP contribution in [0.1, 0.15) is 310 Å². The van der Waals surface area contributed by atoms with Crippen LogP contribution in [0.4, 0.5) is 0 Å². The monoisotopic (exact) mass is 1550 g/mol. The number of carbonyl (C=O) groups excluding carboxylic acids is 4. The molecule has 5 unspecified atom stereocenters. The number of allylic oxidation sites excluding steroid dienone is 27. The number of aliphatic hydroxyl groups excluding tert-OH is 1. The summed E-state index contributed by atoms with van der Waals surface area (Å²) in [6.45, 7) is 4.43. The second kappa shape index (κ2) is 79.5. The summed E-state index contributed by atoms with van der Waals surface area (Å²) in [7, 11) is -10.0. The van der Waals surface area contributed by atoms with Crippen LogP contribution in [0.25, 0.3) is 0 Å². The molecule has 0 aliphatic heterocycles. The fourth-order valence-corrected chi connectivity index (χ4v) is 12.0. The minimum atomic E-state index is -5.01. The van der Waals surface area contributed by atoms with Crippen molar-refractivity contribution in [1.82, 2.24) is 0 Å². The van der Waals surface area contributed by atoms with Crippen LogP contribution in [0.2, 0.25) is 0 Å². The van der Waals surface area contributed by atoms with E-state index >= 15 is 0 Å². The average molecular weight is 1550 g/mol. The van der Waals surface area contributed by atoms with Gasteiger partial charge in [0.25, 0.3) is 0 Å². The van der Waals surface area contributed by atoms with Crippen LogP contribution >= 0.6 is 15.6 Å². The van der Waals surface area contributed by atoms with Crippen molar-refractivity contribution in [1.29, 1.82) is 0 Å². The highest BCUT2D eigenvalue weighted by molar-refractivity contribution is 7.47. The number of esters is 4. The first kappa shape index (κ1) is 102. The van der Waals surface area contributed by atoms with Crippen molar-refractivity contribution in [2.45, 2.75) is 329 Å². The Kier molecular flexibility index (Phi) is 75.4. The van der Waals surface area contributed by atoms with Gasteiger partial charge in [-0.15, -0.1) is 0 Å². The molecule has 0 fully saturated rings. The number of hydrogen-bond acceptors (Lipinski definition) is 15. The zero-order chi connectivity index (χ0) is 78.9. The molecular formula is C89H146O17P2. The van der Waals surface area contributed by atoms with Crippen molar-refractivity contribution >= 4 is 39.5 Å². The number of aliphatic hydroxyl groups is 1.